The van der Waals surface area contributed by atoms with Gasteiger partial charge < -0.3 is 9.53 Å². The Morgan fingerprint density at radius 2 is 1.42 bits per heavy atom. The van der Waals surface area contributed by atoms with Crippen LogP contribution in [0.2, 0.25) is 5.04 Å². The highest BCUT2D eigenvalue weighted by atomic mass is 28.4. The molecule has 3 nitrogen and oxygen atoms in total. The fourth-order valence-corrected chi connectivity index (χ4v) is 10.3. The van der Waals surface area contributed by atoms with Gasteiger partial charge in [0.25, 0.3) is 8.32 Å². The predicted molar refractivity (Wildman–Crippen MR) is 140 cm³/mol. The van der Waals surface area contributed by atoms with Gasteiger partial charge in [-0.05, 0) is 34.7 Å². The maximum atomic E-state index is 13.2. The molecule has 0 aromatic heterocycles. The van der Waals surface area contributed by atoms with E-state index < -0.39 is 13.9 Å². The zero-order valence-electron chi connectivity index (χ0n) is 21.1. The number of hydrogen-bond acceptors (Lipinski definition) is 3. The standard InChI is InChI=1S/C29H42O3Si/c1-23(2)27(30)26(29(31)20-13-8-14-21-29)19-22-32-33(28(3,4)5,24-15-9-6-10-16-24)25-17-11-7-12-18-25/h6-7,9-12,15-18,23,26,31H,8,13-14,19-22H2,1-5H3. The average molecular weight is 467 g/mol. The van der Waals surface area contributed by atoms with E-state index in [1.54, 1.807) is 0 Å². The van der Waals surface area contributed by atoms with E-state index in [2.05, 4.69) is 69.3 Å². The van der Waals surface area contributed by atoms with Gasteiger partial charge in [-0.3, -0.25) is 4.79 Å². The number of benzene rings is 2. The third-order valence-corrected chi connectivity index (χ3v) is 12.5. The largest absolute Gasteiger partial charge is 0.407 e. The molecule has 1 atom stereocenters. The van der Waals surface area contributed by atoms with Crippen molar-refractivity contribution < 1.29 is 14.3 Å². The summed E-state index contributed by atoms with van der Waals surface area (Å²) in [5, 5.41) is 13.9. The highest BCUT2D eigenvalue weighted by molar-refractivity contribution is 6.99. The van der Waals surface area contributed by atoms with Crippen LogP contribution in [-0.4, -0.2) is 31.4 Å². The second-order valence-electron chi connectivity index (χ2n) is 11.1. The molecule has 2 aromatic rings. The van der Waals surface area contributed by atoms with Crippen LogP contribution in [-0.2, 0) is 9.22 Å². The number of hydrogen-bond donors (Lipinski definition) is 1. The van der Waals surface area contributed by atoms with Gasteiger partial charge in [0, 0.05) is 18.4 Å². The van der Waals surface area contributed by atoms with Crippen molar-refractivity contribution in [3.8, 4) is 0 Å². The minimum atomic E-state index is -2.64. The number of ketones is 1. The first-order valence-corrected chi connectivity index (χ1v) is 14.5. The van der Waals surface area contributed by atoms with Crippen LogP contribution in [0, 0.1) is 11.8 Å². The van der Waals surface area contributed by atoms with E-state index in [9.17, 15) is 9.90 Å². The Bertz CT molecular complexity index is 841. The number of rotatable bonds is 9. The van der Waals surface area contributed by atoms with Crippen LogP contribution in [0.25, 0.3) is 0 Å². The van der Waals surface area contributed by atoms with Gasteiger partial charge in [0.15, 0.2) is 0 Å². The van der Waals surface area contributed by atoms with Crippen LogP contribution in [0.1, 0.15) is 73.1 Å². The monoisotopic (exact) mass is 466 g/mol. The SMILES string of the molecule is CC(C)C(=O)C(CCO[Si](c1ccccc1)(c1ccccc1)C(C)(C)C)C1(O)CCCCC1. The lowest BCUT2D eigenvalue weighted by atomic mass is 9.71. The lowest BCUT2D eigenvalue weighted by Gasteiger charge is -2.44. The Kier molecular flexibility index (Phi) is 8.36. The zero-order chi connectivity index (χ0) is 24.1. The first-order valence-electron chi connectivity index (χ1n) is 12.6. The number of carbonyl (C=O) groups excluding carboxylic acids is 1. The smallest absolute Gasteiger partial charge is 0.261 e. The normalized spacial score (nSPS) is 17.7. The van der Waals surface area contributed by atoms with Gasteiger partial charge in [-0.2, -0.15) is 0 Å². The Labute approximate surface area is 201 Å². The molecular weight excluding hydrogens is 424 g/mol. The Hall–Kier alpha value is -1.75. The van der Waals surface area contributed by atoms with E-state index in [4.69, 9.17) is 4.43 Å². The summed E-state index contributed by atoms with van der Waals surface area (Å²) in [6, 6.07) is 21.2. The van der Waals surface area contributed by atoms with Crippen LogP contribution < -0.4 is 10.4 Å². The van der Waals surface area contributed by atoms with Crippen molar-refractivity contribution in [2.45, 2.75) is 83.8 Å². The summed E-state index contributed by atoms with van der Waals surface area (Å²) in [7, 11) is -2.64. The maximum Gasteiger partial charge on any atom is 0.261 e. The van der Waals surface area contributed by atoms with Crippen molar-refractivity contribution in [1.29, 1.82) is 0 Å². The molecule has 0 heterocycles. The van der Waals surface area contributed by atoms with E-state index in [1.165, 1.54) is 10.4 Å². The van der Waals surface area contributed by atoms with Crippen molar-refractivity contribution in [2.75, 3.05) is 6.61 Å². The first-order chi connectivity index (χ1) is 15.6. The minimum absolute atomic E-state index is 0.0891. The number of Topliss-reactive ketones (excluding diaryl/α,β-unsaturated/α-hetero) is 1. The van der Waals surface area contributed by atoms with Crippen LogP contribution in [0.5, 0.6) is 0 Å². The predicted octanol–water partition coefficient (Wildman–Crippen LogP) is 5.49. The molecule has 0 aliphatic heterocycles. The van der Waals surface area contributed by atoms with Gasteiger partial charge in [0.05, 0.1) is 5.60 Å². The van der Waals surface area contributed by atoms with Gasteiger partial charge in [-0.1, -0.05) is 115 Å². The molecule has 1 aliphatic carbocycles. The van der Waals surface area contributed by atoms with Crippen molar-refractivity contribution in [1.82, 2.24) is 0 Å². The lowest BCUT2D eigenvalue weighted by molar-refractivity contribution is -0.139. The third-order valence-electron chi connectivity index (χ3n) is 7.42. The molecule has 3 rings (SSSR count). The fraction of sp³-hybridized carbons (Fsp3) is 0.552. The minimum Gasteiger partial charge on any atom is -0.407 e. The molecule has 33 heavy (non-hydrogen) atoms. The van der Waals surface area contributed by atoms with Crippen LogP contribution >= 0.6 is 0 Å². The zero-order valence-corrected chi connectivity index (χ0v) is 22.1. The van der Waals surface area contributed by atoms with E-state index in [-0.39, 0.29) is 22.7 Å². The molecule has 1 fully saturated rings. The summed E-state index contributed by atoms with van der Waals surface area (Å²) in [6.07, 6.45) is 5.13. The molecule has 0 amide bonds. The molecule has 0 saturated heterocycles. The van der Waals surface area contributed by atoms with Gasteiger partial charge in [-0.25, -0.2) is 0 Å². The quantitative estimate of drug-likeness (QED) is 0.497. The van der Waals surface area contributed by atoms with E-state index >= 15 is 0 Å². The summed E-state index contributed by atoms with van der Waals surface area (Å²) in [4.78, 5) is 13.2. The van der Waals surface area contributed by atoms with Gasteiger partial charge in [0.2, 0.25) is 0 Å². The van der Waals surface area contributed by atoms with E-state index in [0.717, 1.165) is 32.1 Å². The van der Waals surface area contributed by atoms with Gasteiger partial charge >= 0.3 is 0 Å². The fourth-order valence-electron chi connectivity index (χ4n) is 5.68. The van der Waals surface area contributed by atoms with Crippen LogP contribution in [0.15, 0.2) is 60.7 Å². The van der Waals surface area contributed by atoms with E-state index in [0.29, 0.717) is 13.0 Å². The molecule has 1 saturated carbocycles. The molecule has 4 heteroatoms. The average Bonchev–Trinajstić information content (AvgIpc) is 2.79. The summed E-state index contributed by atoms with van der Waals surface area (Å²) < 4.78 is 7.04. The van der Waals surface area contributed by atoms with Crippen LogP contribution in [0.4, 0.5) is 0 Å². The third kappa shape index (κ3) is 5.50. The van der Waals surface area contributed by atoms with E-state index in [1.807, 2.05) is 26.0 Å². The highest BCUT2D eigenvalue weighted by Crippen LogP contribution is 2.40. The Balaban J connectivity index is 1.95. The molecule has 0 radical (unpaired) electrons. The Morgan fingerprint density at radius 1 is 0.939 bits per heavy atom. The summed E-state index contributed by atoms with van der Waals surface area (Å²) >= 11 is 0. The molecule has 1 N–H and O–H groups in total. The second kappa shape index (κ2) is 10.7. The molecule has 0 spiro atoms. The summed E-state index contributed by atoms with van der Waals surface area (Å²) in [6.45, 7) is 11.2. The summed E-state index contributed by atoms with van der Waals surface area (Å²) in [5.41, 5.74) is -0.894. The molecule has 1 aliphatic rings. The molecule has 2 aromatic carbocycles. The van der Waals surface area contributed by atoms with Crippen LogP contribution in [0.3, 0.4) is 0 Å². The molecular formula is C29H42O3Si. The lowest BCUT2D eigenvalue weighted by Crippen LogP contribution is -2.66. The molecule has 180 valence electrons. The van der Waals surface area contributed by atoms with Crippen molar-refractivity contribution in [3.63, 3.8) is 0 Å². The molecule has 1 unspecified atom stereocenters. The van der Waals surface area contributed by atoms with Crippen molar-refractivity contribution in [3.05, 3.63) is 60.7 Å². The van der Waals surface area contributed by atoms with Gasteiger partial charge in [-0.15, -0.1) is 0 Å². The molecule has 0 bridgehead atoms. The number of aliphatic hydroxyl groups is 1. The second-order valence-corrected chi connectivity index (χ2v) is 15.4. The topological polar surface area (TPSA) is 46.5 Å². The highest BCUT2D eigenvalue weighted by Gasteiger charge is 2.50. The van der Waals surface area contributed by atoms with Gasteiger partial charge in [0.1, 0.15) is 5.78 Å². The first kappa shape index (κ1) is 25.9. The number of carbonyl (C=O) groups is 1. The maximum absolute atomic E-state index is 13.2. The summed E-state index contributed by atoms with van der Waals surface area (Å²) in [5.74, 6) is -0.282. The van der Waals surface area contributed by atoms with Crippen molar-refractivity contribution >= 4 is 24.5 Å². The van der Waals surface area contributed by atoms with Crippen molar-refractivity contribution in [2.24, 2.45) is 11.8 Å². The Morgan fingerprint density at radius 3 is 1.85 bits per heavy atom.